The minimum absolute atomic E-state index is 0.504. The van der Waals surface area contributed by atoms with E-state index in [0.29, 0.717) is 8.08 Å². The Hall–Kier alpha value is -0.0600. The van der Waals surface area contributed by atoms with Gasteiger partial charge in [0.05, 0.1) is 0 Å². The molecule has 0 aliphatic heterocycles. The van der Waals surface area contributed by atoms with Crippen LogP contribution in [-0.2, 0) is 9.59 Å². The molecule has 21 heavy (non-hydrogen) atoms. The van der Waals surface area contributed by atoms with Crippen molar-refractivity contribution in [3.8, 4) is 0 Å². The third kappa shape index (κ3) is 14.6. The topological polar surface area (TPSA) is 74.6 Å². The van der Waals surface area contributed by atoms with Crippen LogP contribution >= 0.6 is 0 Å². The maximum Gasteiger partial charge on any atom is 0.314 e. The number of carboxylic acids is 2. The van der Waals surface area contributed by atoms with Gasteiger partial charge in [0.1, 0.15) is 6.42 Å². The summed E-state index contributed by atoms with van der Waals surface area (Å²) >= 11 is 1.33. The molecule has 0 amide bonds. The Kier molecular flexibility index (Phi) is 12.7. The van der Waals surface area contributed by atoms with Crippen LogP contribution < -0.4 is 0 Å². The monoisotopic (exact) mass is 310 g/mol. The van der Waals surface area contributed by atoms with E-state index in [1.165, 1.54) is 66.5 Å². The summed E-state index contributed by atoms with van der Waals surface area (Å²) in [4.78, 5) is 18.9. The first-order valence-corrected chi connectivity index (χ1v) is 8.87. The van der Waals surface area contributed by atoms with Crippen LogP contribution in [0.3, 0.4) is 0 Å². The van der Waals surface area contributed by atoms with Crippen LogP contribution in [0.1, 0.15) is 79.6 Å². The van der Waals surface area contributed by atoms with E-state index in [-0.39, 0.29) is 0 Å². The Morgan fingerprint density at radius 2 is 1.33 bits per heavy atom. The number of rotatable bonds is 8. The molecule has 0 rings (SSSR count). The third-order valence-electron chi connectivity index (χ3n) is 4.24. The molecule has 4 nitrogen and oxygen atoms in total. The van der Waals surface area contributed by atoms with E-state index in [9.17, 15) is 9.59 Å². The smallest absolute Gasteiger partial charge is 0.314 e. The number of aliphatic carboxylic acids is 2. The normalized spacial score (nSPS) is 13.9. The first kappa shape index (κ1) is 23.2. The van der Waals surface area contributed by atoms with Crippen molar-refractivity contribution in [2.45, 2.75) is 82.2 Å². The molecule has 0 spiro atoms. The van der Waals surface area contributed by atoms with Crippen LogP contribution in [-0.4, -0.2) is 50.1 Å². The summed E-state index contributed by atoms with van der Waals surface area (Å²) in [6, 6.07) is 0. The van der Waals surface area contributed by atoms with Gasteiger partial charge in [0.25, 0.3) is 0 Å². The van der Waals surface area contributed by atoms with Gasteiger partial charge in [-0.15, -0.1) is 0 Å². The fraction of sp³-hybridized carbons (Fsp3) is 0.875. The SMILES string of the molecule is CCCCCCC[C](C)([Na])C(C)(C)C.O=C(O)CC(=O)O. The fourth-order valence-corrected chi connectivity index (χ4v) is 2.03. The average Bonchev–Trinajstić information content (AvgIpc) is 2.26. The van der Waals surface area contributed by atoms with Gasteiger partial charge in [-0.3, -0.25) is 9.59 Å². The first-order chi connectivity index (χ1) is 9.44. The van der Waals surface area contributed by atoms with Crippen molar-refractivity contribution in [3.05, 3.63) is 0 Å². The van der Waals surface area contributed by atoms with Crippen LogP contribution in [0.15, 0.2) is 0 Å². The first-order valence-electron chi connectivity index (χ1n) is 7.87. The van der Waals surface area contributed by atoms with Crippen molar-refractivity contribution in [1.82, 2.24) is 0 Å². The largest absolute Gasteiger partial charge is 0.481 e. The van der Waals surface area contributed by atoms with Gasteiger partial charge < -0.3 is 10.2 Å². The van der Waals surface area contributed by atoms with E-state index in [1.807, 2.05) is 0 Å². The molecular formula is C16H31NaO4. The zero-order valence-corrected chi connectivity index (χ0v) is 16.7. The van der Waals surface area contributed by atoms with Crippen molar-refractivity contribution < 1.29 is 19.8 Å². The standard InChI is InChI=1S/C13H27.C3H4O4.Na/c1-6-7-8-9-10-11-12(2)13(3,4)5;4-2(5)1-3(6)7;/h6-11H2,1-5H3;1H2,(H,4,5)(H,6,7);. The zero-order valence-electron chi connectivity index (χ0n) is 14.7. The molecule has 0 aromatic heterocycles. The van der Waals surface area contributed by atoms with E-state index < -0.39 is 18.4 Å². The van der Waals surface area contributed by atoms with E-state index in [1.54, 1.807) is 0 Å². The number of carboxylic acid groups (broad SMARTS) is 2. The van der Waals surface area contributed by atoms with Crippen LogP contribution in [0.5, 0.6) is 0 Å². The molecule has 1 unspecified atom stereocenters. The van der Waals surface area contributed by atoms with Gasteiger partial charge >= 0.3 is 121 Å². The van der Waals surface area contributed by atoms with Gasteiger partial charge in [-0.1, -0.05) is 0 Å². The molecule has 0 fully saturated rings. The molecule has 0 radical (unpaired) electrons. The Labute approximate surface area is 147 Å². The van der Waals surface area contributed by atoms with Gasteiger partial charge in [0.15, 0.2) is 0 Å². The van der Waals surface area contributed by atoms with Crippen molar-refractivity contribution in [2.75, 3.05) is 0 Å². The molecule has 2 N–H and O–H groups in total. The Bertz CT molecular complexity index is 294. The van der Waals surface area contributed by atoms with Crippen molar-refractivity contribution >= 4 is 39.9 Å². The predicted octanol–water partition coefficient (Wildman–Crippen LogP) is 4.29. The summed E-state index contributed by atoms with van der Waals surface area (Å²) in [5.41, 5.74) is 0.504. The molecule has 0 aromatic carbocycles. The van der Waals surface area contributed by atoms with Gasteiger partial charge in [-0.05, 0) is 0 Å². The second-order valence-electron chi connectivity index (χ2n) is 7.26. The molecule has 120 valence electrons. The van der Waals surface area contributed by atoms with E-state index in [4.69, 9.17) is 10.2 Å². The van der Waals surface area contributed by atoms with Crippen molar-refractivity contribution in [3.63, 3.8) is 0 Å². The molecule has 0 bridgehead atoms. The Balaban J connectivity index is 0. The van der Waals surface area contributed by atoms with Gasteiger partial charge in [0.2, 0.25) is 0 Å². The summed E-state index contributed by atoms with van der Waals surface area (Å²) < 4.78 is 0.624. The van der Waals surface area contributed by atoms with E-state index in [2.05, 4.69) is 34.6 Å². The minimum atomic E-state index is -1.31. The molecule has 0 aliphatic rings. The molecule has 1 atom stereocenters. The Morgan fingerprint density at radius 1 is 0.905 bits per heavy atom. The number of hydrogen-bond donors (Lipinski definition) is 2. The summed E-state index contributed by atoms with van der Waals surface area (Å²) in [5, 5.41) is 15.4. The van der Waals surface area contributed by atoms with Crippen LogP contribution in [0.4, 0.5) is 0 Å². The maximum absolute atomic E-state index is 9.43. The van der Waals surface area contributed by atoms with Crippen LogP contribution in [0, 0.1) is 5.41 Å². The summed E-state index contributed by atoms with van der Waals surface area (Å²) in [5.74, 6) is -2.62. The molecular weight excluding hydrogens is 279 g/mol. The maximum atomic E-state index is 9.43. The molecule has 0 saturated carbocycles. The summed E-state index contributed by atoms with van der Waals surface area (Å²) in [6.45, 7) is 11.9. The number of hydrogen-bond acceptors (Lipinski definition) is 2. The third-order valence-corrected chi connectivity index (χ3v) is 6.24. The Morgan fingerprint density at radius 3 is 1.62 bits per heavy atom. The molecule has 5 heteroatoms. The number of carbonyl (C=O) groups is 2. The summed E-state index contributed by atoms with van der Waals surface area (Å²) in [6.07, 6.45) is 7.74. The quantitative estimate of drug-likeness (QED) is 0.398. The summed E-state index contributed by atoms with van der Waals surface area (Å²) in [7, 11) is 0. The second-order valence-corrected chi connectivity index (χ2v) is 9.47. The molecule has 0 heterocycles. The van der Waals surface area contributed by atoms with Gasteiger partial charge in [-0.25, -0.2) is 0 Å². The minimum Gasteiger partial charge on any atom is -0.481 e. The molecule has 0 saturated heterocycles. The van der Waals surface area contributed by atoms with Crippen LogP contribution in [0.2, 0.25) is 2.66 Å². The van der Waals surface area contributed by atoms with Crippen molar-refractivity contribution in [2.24, 2.45) is 5.41 Å². The number of unbranched alkanes of at least 4 members (excludes halogenated alkanes) is 4. The average molecular weight is 310 g/mol. The fourth-order valence-electron chi connectivity index (χ4n) is 1.67. The predicted molar refractivity (Wildman–Crippen MR) is 86.8 cm³/mol. The van der Waals surface area contributed by atoms with Crippen LogP contribution in [0.25, 0.3) is 0 Å². The van der Waals surface area contributed by atoms with E-state index >= 15 is 0 Å². The second kappa shape index (κ2) is 11.5. The van der Waals surface area contributed by atoms with E-state index in [0.717, 1.165) is 0 Å². The zero-order chi connectivity index (χ0) is 17.1. The molecule has 0 aromatic rings. The van der Waals surface area contributed by atoms with Crippen molar-refractivity contribution in [1.29, 1.82) is 0 Å². The van der Waals surface area contributed by atoms with Gasteiger partial charge in [0, 0.05) is 0 Å². The van der Waals surface area contributed by atoms with Gasteiger partial charge in [-0.2, -0.15) is 0 Å². The molecule has 0 aliphatic carbocycles.